The molecule has 2 aromatic rings. The van der Waals surface area contributed by atoms with Gasteiger partial charge in [-0.2, -0.15) is 0 Å². The molecule has 2 rings (SSSR count). The molecule has 0 N–H and O–H groups in total. The van der Waals surface area contributed by atoms with Crippen molar-refractivity contribution in [1.82, 2.24) is 0 Å². The molecule has 0 amide bonds. The largest absolute Gasteiger partial charge is 0.281 e. The van der Waals surface area contributed by atoms with Gasteiger partial charge in [-0.3, -0.25) is 9.59 Å². The summed E-state index contributed by atoms with van der Waals surface area (Å²) in [5.74, 6) is 0. The van der Waals surface area contributed by atoms with Crippen LogP contribution in [0.3, 0.4) is 0 Å². The summed E-state index contributed by atoms with van der Waals surface area (Å²) in [6.45, 7) is 0. The SMILES string of the molecule is O=C(SS)c1cccc(Cl)c1Cl.O=C(SS)c1ccccc1. The summed E-state index contributed by atoms with van der Waals surface area (Å²) in [5.41, 5.74) is 1.09. The van der Waals surface area contributed by atoms with Crippen LogP contribution in [0.5, 0.6) is 0 Å². The highest BCUT2D eigenvalue weighted by molar-refractivity contribution is 8.75. The Balaban J connectivity index is 0.000000224. The van der Waals surface area contributed by atoms with Crippen molar-refractivity contribution in [3.63, 3.8) is 0 Å². The van der Waals surface area contributed by atoms with Crippen LogP contribution in [0.2, 0.25) is 10.0 Å². The van der Waals surface area contributed by atoms with E-state index in [-0.39, 0.29) is 15.3 Å². The van der Waals surface area contributed by atoms with Gasteiger partial charge in [-0.05, 0) is 33.7 Å². The summed E-state index contributed by atoms with van der Waals surface area (Å²) in [7, 11) is 1.75. The summed E-state index contributed by atoms with van der Waals surface area (Å²) in [5, 5.41) is 0.449. The van der Waals surface area contributed by atoms with Crippen molar-refractivity contribution in [3.05, 3.63) is 69.7 Å². The average Bonchev–Trinajstić information content (AvgIpc) is 2.57. The number of thiol groups is 2. The summed E-state index contributed by atoms with van der Waals surface area (Å²) < 4.78 is 0. The first kappa shape index (κ1) is 19.8. The lowest BCUT2D eigenvalue weighted by molar-refractivity contribution is 0.108. The number of rotatable bonds is 2. The highest BCUT2D eigenvalue weighted by Gasteiger charge is 2.11. The fourth-order valence-corrected chi connectivity index (χ4v) is 2.90. The second kappa shape index (κ2) is 10.5. The predicted molar refractivity (Wildman–Crippen MR) is 105 cm³/mol. The van der Waals surface area contributed by atoms with Gasteiger partial charge in [-0.1, -0.05) is 59.6 Å². The van der Waals surface area contributed by atoms with Gasteiger partial charge in [0.15, 0.2) is 0 Å². The molecule has 0 spiro atoms. The Bertz CT molecular complexity index is 651. The Kier molecular flexibility index (Phi) is 9.47. The van der Waals surface area contributed by atoms with Crippen LogP contribution in [0.1, 0.15) is 20.7 Å². The van der Waals surface area contributed by atoms with Crippen molar-refractivity contribution in [3.8, 4) is 0 Å². The van der Waals surface area contributed by atoms with E-state index in [1.807, 2.05) is 18.2 Å². The van der Waals surface area contributed by atoms with Crippen molar-refractivity contribution in [2.45, 2.75) is 0 Å². The molecule has 2 aromatic carbocycles. The van der Waals surface area contributed by atoms with E-state index >= 15 is 0 Å². The van der Waals surface area contributed by atoms with Gasteiger partial charge >= 0.3 is 0 Å². The smallest absolute Gasteiger partial charge is 0.231 e. The molecule has 2 nitrogen and oxygen atoms in total. The third-order valence-corrected chi connectivity index (χ3v) is 4.95. The van der Waals surface area contributed by atoms with E-state index in [2.05, 4.69) is 23.3 Å². The minimum absolute atomic E-state index is 0.0102. The predicted octanol–water partition coefficient (Wildman–Crippen LogP) is 6.12. The molecule has 0 aliphatic rings. The van der Waals surface area contributed by atoms with E-state index in [1.165, 1.54) is 0 Å². The number of carbonyl (C=O) groups is 2. The van der Waals surface area contributed by atoms with Gasteiger partial charge in [0, 0.05) is 11.1 Å². The maximum atomic E-state index is 11.1. The molecule has 116 valence electrons. The molecule has 0 saturated heterocycles. The molecular formula is C14H10Cl2O2S4. The quantitative estimate of drug-likeness (QED) is 0.463. The van der Waals surface area contributed by atoms with E-state index in [0.29, 0.717) is 16.1 Å². The van der Waals surface area contributed by atoms with Gasteiger partial charge in [0.2, 0.25) is 10.2 Å². The lowest BCUT2D eigenvalue weighted by Crippen LogP contribution is -1.91. The standard InChI is InChI=1S/C7H4Cl2OS2.C7H6OS2/c8-5-3-1-2-4(6(5)9)7(10)12-11;8-7(10-9)6-4-2-1-3-5-6/h1-3,11H;1-5,9H. The molecule has 0 aliphatic heterocycles. The van der Waals surface area contributed by atoms with Crippen molar-refractivity contribution in [1.29, 1.82) is 0 Å². The van der Waals surface area contributed by atoms with Crippen LogP contribution in [0.25, 0.3) is 0 Å². The number of halogens is 2. The Hall–Kier alpha value is -0.240. The molecule has 0 aliphatic carbocycles. The van der Waals surface area contributed by atoms with Gasteiger partial charge in [-0.15, -0.1) is 23.3 Å². The van der Waals surface area contributed by atoms with Crippen molar-refractivity contribution < 1.29 is 9.59 Å². The zero-order valence-electron chi connectivity index (χ0n) is 10.9. The lowest BCUT2D eigenvalue weighted by atomic mass is 10.2. The van der Waals surface area contributed by atoms with Gasteiger partial charge < -0.3 is 0 Å². The first-order valence-electron chi connectivity index (χ1n) is 5.71. The Morgan fingerprint density at radius 2 is 1.41 bits per heavy atom. The first-order valence-corrected chi connectivity index (χ1v) is 10.2. The van der Waals surface area contributed by atoms with Crippen LogP contribution in [0.4, 0.5) is 0 Å². The van der Waals surface area contributed by atoms with Crippen LogP contribution < -0.4 is 0 Å². The number of hydrogen-bond acceptors (Lipinski definition) is 6. The second-order valence-corrected chi connectivity index (χ2v) is 6.71. The maximum Gasteiger partial charge on any atom is 0.231 e. The summed E-state index contributed by atoms with van der Waals surface area (Å²) >= 11 is 19.0. The highest BCUT2D eigenvalue weighted by Crippen LogP contribution is 2.29. The fourth-order valence-electron chi connectivity index (χ4n) is 1.34. The molecule has 0 fully saturated rings. The molecular weight excluding hydrogens is 399 g/mol. The number of carbonyl (C=O) groups excluding carboxylic acids is 2. The van der Waals surface area contributed by atoms with E-state index in [4.69, 9.17) is 23.2 Å². The van der Waals surface area contributed by atoms with Crippen LogP contribution in [-0.2, 0) is 0 Å². The van der Waals surface area contributed by atoms with Crippen LogP contribution in [0, 0.1) is 0 Å². The maximum absolute atomic E-state index is 11.1. The minimum Gasteiger partial charge on any atom is -0.281 e. The number of benzene rings is 2. The molecule has 0 atom stereocenters. The summed E-state index contributed by atoms with van der Waals surface area (Å²) in [4.78, 5) is 22.0. The van der Waals surface area contributed by atoms with Crippen molar-refractivity contribution in [2.75, 3.05) is 0 Å². The third kappa shape index (κ3) is 6.10. The monoisotopic (exact) mass is 408 g/mol. The molecule has 0 heterocycles. The van der Waals surface area contributed by atoms with E-state index in [9.17, 15) is 9.59 Å². The Morgan fingerprint density at radius 3 is 1.95 bits per heavy atom. The number of hydrogen-bond donors (Lipinski definition) is 2. The van der Waals surface area contributed by atoms with Gasteiger partial charge in [0.05, 0.1) is 10.0 Å². The molecule has 0 aromatic heterocycles. The Labute approximate surface area is 157 Å². The minimum atomic E-state index is -0.203. The second-order valence-electron chi connectivity index (χ2n) is 3.72. The molecule has 0 radical (unpaired) electrons. The molecule has 0 saturated carbocycles. The van der Waals surface area contributed by atoms with E-state index in [1.54, 1.807) is 30.3 Å². The molecule has 0 unspecified atom stereocenters. The average molecular weight is 409 g/mol. The summed E-state index contributed by atoms with van der Waals surface area (Å²) in [6, 6.07) is 14.0. The zero-order chi connectivity index (χ0) is 16.5. The third-order valence-electron chi connectivity index (χ3n) is 2.35. The van der Waals surface area contributed by atoms with Gasteiger partial charge in [-0.25, -0.2) is 0 Å². The Morgan fingerprint density at radius 1 is 0.818 bits per heavy atom. The van der Waals surface area contributed by atoms with Crippen LogP contribution in [0.15, 0.2) is 48.5 Å². The topological polar surface area (TPSA) is 34.1 Å². The van der Waals surface area contributed by atoms with Gasteiger partial charge in [0.1, 0.15) is 0 Å². The van der Waals surface area contributed by atoms with Crippen molar-refractivity contribution >= 4 is 78.3 Å². The van der Waals surface area contributed by atoms with Gasteiger partial charge in [0.25, 0.3) is 0 Å². The molecule has 0 bridgehead atoms. The normalized spacial score (nSPS) is 9.64. The zero-order valence-corrected chi connectivity index (χ0v) is 15.8. The summed E-state index contributed by atoms with van der Waals surface area (Å²) in [6.07, 6.45) is 0. The van der Waals surface area contributed by atoms with Crippen LogP contribution >= 0.6 is 68.1 Å². The molecule has 22 heavy (non-hydrogen) atoms. The first-order chi connectivity index (χ1) is 10.5. The van der Waals surface area contributed by atoms with E-state index in [0.717, 1.165) is 21.6 Å². The molecule has 8 heteroatoms. The fraction of sp³-hybridized carbons (Fsp3) is 0. The van der Waals surface area contributed by atoms with Crippen molar-refractivity contribution in [2.24, 2.45) is 0 Å². The van der Waals surface area contributed by atoms with E-state index < -0.39 is 0 Å². The lowest BCUT2D eigenvalue weighted by Gasteiger charge is -2.00. The van der Waals surface area contributed by atoms with Crippen LogP contribution in [-0.4, -0.2) is 10.2 Å². The highest BCUT2D eigenvalue weighted by atomic mass is 35.5.